The first-order valence-electron chi connectivity index (χ1n) is 9.24. The summed E-state index contributed by atoms with van der Waals surface area (Å²) in [5, 5.41) is 10.5. The zero-order valence-electron chi connectivity index (χ0n) is 16.9. The number of thiazole rings is 1. The van der Waals surface area contributed by atoms with Crippen LogP contribution in [0.25, 0.3) is 5.70 Å². The second-order valence-electron chi connectivity index (χ2n) is 6.30. The van der Waals surface area contributed by atoms with Crippen LogP contribution in [-0.4, -0.2) is 26.0 Å². The largest absolute Gasteiger partial charge is 0.461 e. The number of sulfonamides is 1. The normalized spacial score (nSPS) is 12.1. The number of hydrogen-bond acceptors (Lipinski definition) is 8. The molecule has 0 bridgehead atoms. The van der Waals surface area contributed by atoms with Gasteiger partial charge in [0.2, 0.25) is 10.0 Å². The zero-order chi connectivity index (χ0) is 22.4. The van der Waals surface area contributed by atoms with E-state index in [0.29, 0.717) is 22.3 Å². The van der Waals surface area contributed by atoms with Crippen molar-refractivity contribution in [3.63, 3.8) is 0 Å². The van der Waals surface area contributed by atoms with Gasteiger partial charge in [-0.25, -0.2) is 23.3 Å². The number of anilines is 1. The summed E-state index contributed by atoms with van der Waals surface area (Å²) in [6.45, 7) is 3.77. The van der Waals surface area contributed by atoms with E-state index in [1.807, 2.05) is 30.3 Å². The monoisotopic (exact) mass is 459 g/mol. The molecular formula is C21H21N3O5S2. The SMILES string of the molecule is CCOC(=O)c1csc(N/C(=C(\C)Oc2ccc(S(N)(=O)=O)cc2)c2ccccc2)n1. The third kappa shape index (κ3) is 5.91. The second kappa shape index (κ2) is 9.73. The van der Waals surface area contributed by atoms with Crippen LogP contribution in [0.5, 0.6) is 5.75 Å². The molecule has 0 amide bonds. The summed E-state index contributed by atoms with van der Waals surface area (Å²) in [5.41, 5.74) is 1.70. The van der Waals surface area contributed by atoms with E-state index in [0.717, 1.165) is 5.56 Å². The standard InChI is InChI=1S/C21H21N3O5S2/c1-3-28-20(25)18-13-30-21(23-18)24-19(15-7-5-4-6-8-15)14(2)29-16-9-11-17(12-10-16)31(22,26)27/h4-13H,3H2,1-2H3,(H,23,24)(H2,22,26,27)/b19-14+. The Morgan fingerprint density at radius 3 is 2.42 bits per heavy atom. The van der Waals surface area contributed by atoms with Gasteiger partial charge in [-0.2, -0.15) is 0 Å². The third-order valence-electron chi connectivity index (χ3n) is 4.06. The van der Waals surface area contributed by atoms with Crippen molar-refractivity contribution in [2.24, 2.45) is 5.14 Å². The van der Waals surface area contributed by atoms with Crippen LogP contribution < -0.4 is 15.2 Å². The maximum Gasteiger partial charge on any atom is 0.357 e. The number of nitrogens with one attached hydrogen (secondary N) is 1. The van der Waals surface area contributed by atoms with Gasteiger partial charge in [0.05, 0.1) is 17.2 Å². The van der Waals surface area contributed by atoms with Crippen LogP contribution in [0.1, 0.15) is 29.9 Å². The van der Waals surface area contributed by atoms with E-state index in [-0.39, 0.29) is 17.2 Å². The minimum absolute atomic E-state index is 0.00262. The van der Waals surface area contributed by atoms with Gasteiger partial charge in [-0.3, -0.25) is 0 Å². The number of aromatic nitrogens is 1. The predicted octanol–water partition coefficient (Wildman–Crippen LogP) is 3.85. The van der Waals surface area contributed by atoms with E-state index < -0.39 is 16.0 Å². The molecule has 0 unspecified atom stereocenters. The van der Waals surface area contributed by atoms with Crippen molar-refractivity contribution in [2.75, 3.05) is 11.9 Å². The molecule has 0 spiro atoms. The summed E-state index contributed by atoms with van der Waals surface area (Å²) >= 11 is 1.26. The molecule has 8 nitrogen and oxygen atoms in total. The molecule has 1 heterocycles. The first-order valence-corrected chi connectivity index (χ1v) is 11.7. The molecule has 3 N–H and O–H groups in total. The van der Waals surface area contributed by atoms with Gasteiger partial charge < -0.3 is 14.8 Å². The van der Waals surface area contributed by atoms with Crippen LogP contribution in [-0.2, 0) is 14.8 Å². The Balaban J connectivity index is 1.90. The van der Waals surface area contributed by atoms with E-state index >= 15 is 0 Å². The van der Waals surface area contributed by atoms with Gasteiger partial charge in [0.1, 0.15) is 11.5 Å². The van der Waals surface area contributed by atoms with Crippen LogP contribution in [0, 0.1) is 0 Å². The molecule has 3 aromatic rings. The Morgan fingerprint density at radius 2 is 1.81 bits per heavy atom. The fourth-order valence-corrected chi connectivity index (χ4v) is 3.83. The maximum absolute atomic E-state index is 11.9. The highest BCUT2D eigenvalue weighted by atomic mass is 32.2. The van der Waals surface area contributed by atoms with Gasteiger partial charge >= 0.3 is 5.97 Å². The van der Waals surface area contributed by atoms with Crippen molar-refractivity contribution in [1.29, 1.82) is 0 Å². The Labute approximate surface area is 184 Å². The number of rotatable bonds is 8. The number of allylic oxidation sites excluding steroid dienone is 1. The number of nitrogens with two attached hydrogens (primary N) is 1. The molecule has 0 atom stereocenters. The van der Waals surface area contributed by atoms with Crippen molar-refractivity contribution in [3.05, 3.63) is 77.0 Å². The van der Waals surface area contributed by atoms with Crippen LogP contribution in [0.15, 0.2) is 70.6 Å². The van der Waals surface area contributed by atoms with Crippen molar-refractivity contribution >= 4 is 38.2 Å². The van der Waals surface area contributed by atoms with Gasteiger partial charge in [-0.15, -0.1) is 11.3 Å². The lowest BCUT2D eigenvalue weighted by Gasteiger charge is -2.15. The molecule has 2 aromatic carbocycles. The van der Waals surface area contributed by atoms with Gasteiger partial charge in [-0.05, 0) is 38.1 Å². The number of esters is 1. The summed E-state index contributed by atoms with van der Waals surface area (Å²) < 4.78 is 33.8. The average Bonchev–Trinajstić information content (AvgIpc) is 3.21. The zero-order valence-corrected chi connectivity index (χ0v) is 18.5. The lowest BCUT2D eigenvalue weighted by Crippen LogP contribution is -2.11. The quantitative estimate of drug-likeness (QED) is 0.388. The van der Waals surface area contributed by atoms with Crippen molar-refractivity contribution < 1.29 is 22.7 Å². The van der Waals surface area contributed by atoms with Gasteiger partial charge in [0, 0.05) is 10.9 Å². The van der Waals surface area contributed by atoms with Crippen LogP contribution in [0.2, 0.25) is 0 Å². The number of carbonyl (C=O) groups is 1. The highest BCUT2D eigenvalue weighted by molar-refractivity contribution is 7.89. The first kappa shape index (κ1) is 22.5. The van der Waals surface area contributed by atoms with E-state index in [1.54, 1.807) is 19.2 Å². The fraction of sp³-hybridized carbons (Fsp3) is 0.143. The van der Waals surface area contributed by atoms with Gasteiger partial charge in [0.15, 0.2) is 10.8 Å². The van der Waals surface area contributed by atoms with E-state index in [9.17, 15) is 13.2 Å². The average molecular weight is 460 g/mol. The molecule has 0 aliphatic carbocycles. The maximum atomic E-state index is 11.9. The van der Waals surface area contributed by atoms with Crippen LogP contribution >= 0.6 is 11.3 Å². The van der Waals surface area contributed by atoms with Gasteiger partial charge in [-0.1, -0.05) is 30.3 Å². The third-order valence-corrected chi connectivity index (χ3v) is 5.75. The molecule has 1 aromatic heterocycles. The fourth-order valence-electron chi connectivity index (χ4n) is 2.63. The number of benzene rings is 2. The smallest absolute Gasteiger partial charge is 0.357 e. The first-order chi connectivity index (χ1) is 14.8. The highest BCUT2D eigenvalue weighted by Crippen LogP contribution is 2.27. The highest BCUT2D eigenvalue weighted by Gasteiger charge is 2.15. The van der Waals surface area contributed by atoms with E-state index in [2.05, 4.69) is 10.3 Å². The number of nitrogens with zero attached hydrogens (tertiary/aromatic N) is 1. The lowest BCUT2D eigenvalue weighted by molar-refractivity contribution is 0.0520. The molecule has 0 aliphatic heterocycles. The summed E-state index contributed by atoms with van der Waals surface area (Å²) in [6.07, 6.45) is 0. The molecular weight excluding hydrogens is 438 g/mol. The molecule has 10 heteroatoms. The molecule has 31 heavy (non-hydrogen) atoms. The number of ether oxygens (including phenoxy) is 2. The second-order valence-corrected chi connectivity index (χ2v) is 8.72. The summed E-state index contributed by atoms with van der Waals surface area (Å²) in [7, 11) is -3.78. The van der Waals surface area contributed by atoms with Crippen molar-refractivity contribution in [2.45, 2.75) is 18.7 Å². The summed E-state index contributed by atoms with van der Waals surface area (Å²) in [4.78, 5) is 16.2. The van der Waals surface area contributed by atoms with Crippen molar-refractivity contribution in [1.82, 2.24) is 4.98 Å². The number of primary sulfonamides is 1. The summed E-state index contributed by atoms with van der Waals surface area (Å²) in [6, 6.07) is 15.3. The van der Waals surface area contributed by atoms with E-state index in [4.69, 9.17) is 14.6 Å². The van der Waals surface area contributed by atoms with E-state index in [1.165, 1.54) is 35.6 Å². The predicted molar refractivity (Wildman–Crippen MR) is 119 cm³/mol. The van der Waals surface area contributed by atoms with Crippen LogP contribution in [0.3, 0.4) is 0 Å². The minimum Gasteiger partial charge on any atom is -0.461 e. The van der Waals surface area contributed by atoms with Crippen molar-refractivity contribution in [3.8, 4) is 5.75 Å². The van der Waals surface area contributed by atoms with Crippen LogP contribution in [0.4, 0.5) is 5.13 Å². The Kier molecular flexibility index (Phi) is 7.06. The number of hydrogen-bond donors (Lipinski definition) is 2. The molecule has 0 fully saturated rings. The Hall–Kier alpha value is -3.21. The molecule has 0 radical (unpaired) electrons. The molecule has 3 rings (SSSR count). The lowest BCUT2D eigenvalue weighted by atomic mass is 10.1. The molecule has 162 valence electrons. The van der Waals surface area contributed by atoms with Gasteiger partial charge in [0.25, 0.3) is 0 Å². The topological polar surface area (TPSA) is 121 Å². The Bertz CT molecular complexity index is 1190. The minimum atomic E-state index is -3.78. The summed E-state index contributed by atoms with van der Waals surface area (Å²) in [5.74, 6) is 0.467. The molecule has 0 saturated heterocycles. The molecule has 0 aliphatic rings. The Morgan fingerprint density at radius 1 is 1.13 bits per heavy atom. The molecule has 0 saturated carbocycles. The number of carbonyl (C=O) groups excluding carboxylic acids is 1.